The van der Waals surface area contributed by atoms with E-state index < -0.39 is 17.8 Å². The van der Waals surface area contributed by atoms with Gasteiger partial charge in [-0.15, -0.1) is 5.06 Å². The van der Waals surface area contributed by atoms with E-state index in [-0.39, 0.29) is 24.5 Å². The van der Waals surface area contributed by atoms with Crippen LogP contribution in [-0.4, -0.2) is 62.3 Å². The van der Waals surface area contributed by atoms with Crippen LogP contribution in [0.15, 0.2) is 58.8 Å². The summed E-state index contributed by atoms with van der Waals surface area (Å²) in [5.74, 6) is -0.555. The molecule has 1 aliphatic heterocycles. The van der Waals surface area contributed by atoms with E-state index in [2.05, 4.69) is 43.0 Å². The summed E-state index contributed by atoms with van der Waals surface area (Å²) >= 11 is 0. The van der Waals surface area contributed by atoms with Gasteiger partial charge in [-0.3, -0.25) is 14.4 Å². The molecule has 3 amide bonds. The average molecular weight is 726 g/mol. The lowest BCUT2D eigenvalue weighted by molar-refractivity contribution is -0.195. The first-order valence-electron chi connectivity index (χ1n) is 16.3. The predicted molar refractivity (Wildman–Crippen MR) is 196 cm³/mol. The van der Waals surface area contributed by atoms with Crippen LogP contribution in [0.2, 0.25) is 0 Å². The van der Waals surface area contributed by atoms with Crippen molar-refractivity contribution in [3.05, 3.63) is 48.8 Å². The molecule has 2 aromatic heterocycles. The van der Waals surface area contributed by atoms with Crippen LogP contribution in [0.4, 0.5) is 0 Å². The number of carbonyl (C=O) groups excluding carboxylic acids is 4. The van der Waals surface area contributed by atoms with Crippen LogP contribution in [0, 0.1) is 0 Å². The van der Waals surface area contributed by atoms with Gasteiger partial charge in [0, 0.05) is 49.5 Å². The lowest BCUT2D eigenvalue weighted by Crippen LogP contribution is -2.34. The van der Waals surface area contributed by atoms with E-state index in [1.54, 1.807) is 40.0 Å². The standard InChI is InChI=1S/C15H24N2OS2.C11H10N2O4S2.C7H17N/c1-3-7-13(8-4-2)17-14(18)10-12-19-20-15-9-5-6-11-16-15;14-9-4-5-10(15)13(9)17-11(16)7-18-19-8-3-1-2-6-12-8;1-3-5-7(8)6-4-2/h5-6,9,11,13H,3-4,7-8,10,12H2,1-2H3,(H,17,18);1-3,6H,4-5,7H2;7H,3-6,8H2,1-2H3. The Bertz CT molecular complexity index is 1120. The fraction of sp³-hybridized carbons (Fsp3) is 0.576. The highest BCUT2D eigenvalue weighted by Gasteiger charge is 2.32. The molecule has 1 fully saturated rings. The molecule has 47 heavy (non-hydrogen) atoms. The molecule has 0 unspecified atom stereocenters. The maximum atomic E-state index is 11.9. The largest absolute Gasteiger partial charge is 0.353 e. The molecule has 3 N–H and O–H groups in total. The molecule has 262 valence electrons. The fourth-order valence-corrected chi connectivity index (χ4v) is 7.68. The predicted octanol–water partition coefficient (Wildman–Crippen LogP) is 7.64. The number of nitrogens with one attached hydrogen (secondary N) is 1. The number of hydrogen-bond donors (Lipinski definition) is 2. The number of hydroxylamine groups is 2. The van der Waals surface area contributed by atoms with Crippen LogP contribution in [0.25, 0.3) is 0 Å². The Hall–Kier alpha value is -2.26. The molecular formula is C33H51N5O5S4. The molecule has 10 nitrogen and oxygen atoms in total. The molecule has 1 saturated heterocycles. The van der Waals surface area contributed by atoms with Gasteiger partial charge < -0.3 is 15.9 Å². The highest BCUT2D eigenvalue weighted by molar-refractivity contribution is 8.77. The smallest absolute Gasteiger partial charge is 0.343 e. The van der Waals surface area contributed by atoms with Gasteiger partial charge in [-0.05, 0) is 71.5 Å². The van der Waals surface area contributed by atoms with Gasteiger partial charge in [0.05, 0.1) is 0 Å². The molecule has 0 saturated carbocycles. The third-order valence-electron chi connectivity index (χ3n) is 6.31. The number of hydrogen-bond acceptors (Lipinski definition) is 12. The van der Waals surface area contributed by atoms with Gasteiger partial charge in [0.25, 0.3) is 11.8 Å². The lowest BCUT2D eigenvalue weighted by atomic mass is 10.1. The summed E-state index contributed by atoms with van der Waals surface area (Å²) in [7, 11) is 5.86. The summed E-state index contributed by atoms with van der Waals surface area (Å²) < 4.78 is 0. The Morgan fingerprint density at radius 3 is 1.81 bits per heavy atom. The van der Waals surface area contributed by atoms with Crippen molar-refractivity contribution in [3.8, 4) is 0 Å². The molecule has 0 spiro atoms. The second-order valence-corrected chi connectivity index (χ2v) is 15.3. The third kappa shape index (κ3) is 21.4. The Morgan fingerprint density at radius 2 is 1.34 bits per heavy atom. The van der Waals surface area contributed by atoms with Gasteiger partial charge in [-0.2, -0.15) is 0 Å². The van der Waals surface area contributed by atoms with Gasteiger partial charge in [-0.1, -0.05) is 87.1 Å². The molecule has 0 bridgehead atoms. The Kier molecular flexibility index (Phi) is 25.2. The molecule has 0 radical (unpaired) electrons. The zero-order valence-corrected chi connectivity index (χ0v) is 31.3. The molecule has 2 aromatic rings. The first-order chi connectivity index (χ1) is 22.7. The van der Waals surface area contributed by atoms with Crippen molar-refractivity contribution in [2.24, 2.45) is 5.73 Å². The number of amides is 3. The minimum atomic E-state index is -0.628. The molecular weight excluding hydrogens is 675 g/mol. The van der Waals surface area contributed by atoms with E-state index in [4.69, 9.17) is 10.6 Å². The number of carbonyl (C=O) groups is 4. The zero-order valence-electron chi connectivity index (χ0n) is 28.1. The maximum absolute atomic E-state index is 11.9. The van der Waals surface area contributed by atoms with Crippen LogP contribution in [-0.2, 0) is 24.0 Å². The van der Waals surface area contributed by atoms with E-state index in [9.17, 15) is 19.2 Å². The van der Waals surface area contributed by atoms with Crippen molar-refractivity contribution in [1.29, 1.82) is 0 Å². The van der Waals surface area contributed by atoms with Gasteiger partial charge in [0.2, 0.25) is 5.91 Å². The van der Waals surface area contributed by atoms with Crippen molar-refractivity contribution >= 4 is 66.9 Å². The van der Waals surface area contributed by atoms with Crippen LogP contribution < -0.4 is 11.1 Å². The normalized spacial score (nSPS) is 12.4. The highest BCUT2D eigenvalue weighted by atomic mass is 33.1. The molecule has 0 aliphatic carbocycles. The minimum Gasteiger partial charge on any atom is -0.353 e. The van der Waals surface area contributed by atoms with Crippen molar-refractivity contribution in [2.45, 2.75) is 120 Å². The van der Waals surface area contributed by atoms with E-state index in [0.29, 0.717) is 23.6 Å². The van der Waals surface area contributed by atoms with Crippen molar-refractivity contribution in [1.82, 2.24) is 20.3 Å². The third-order valence-corrected chi connectivity index (χ3v) is 10.7. The highest BCUT2D eigenvalue weighted by Crippen LogP contribution is 2.30. The van der Waals surface area contributed by atoms with Crippen LogP contribution in [0.1, 0.15) is 98.3 Å². The summed E-state index contributed by atoms with van der Waals surface area (Å²) in [6.07, 6.45) is 13.4. The van der Waals surface area contributed by atoms with Crippen molar-refractivity contribution in [2.75, 3.05) is 11.5 Å². The Labute approximate surface area is 296 Å². The second kappa shape index (κ2) is 27.7. The van der Waals surface area contributed by atoms with Gasteiger partial charge in [0.1, 0.15) is 15.8 Å². The quantitative estimate of drug-likeness (QED) is 0.0834. The summed E-state index contributed by atoms with van der Waals surface area (Å²) in [5, 5.41) is 5.46. The first-order valence-corrected chi connectivity index (χ1v) is 20.9. The molecule has 0 aromatic carbocycles. The average Bonchev–Trinajstić information content (AvgIpc) is 3.37. The zero-order chi connectivity index (χ0) is 34.7. The number of imide groups is 1. The van der Waals surface area contributed by atoms with Crippen LogP contribution >= 0.6 is 43.2 Å². The Morgan fingerprint density at radius 1 is 0.830 bits per heavy atom. The minimum absolute atomic E-state index is 0.0261. The first kappa shape index (κ1) is 42.8. The van der Waals surface area contributed by atoms with E-state index in [1.165, 1.54) is 47.3 Å². The monoisotopic (exact) mass is 725 g/mol. The number of nitrogens with two attached hydrogens (primary N) is 1. The maximum Gasteiger partial charge on any atom is 0.343 e. The second-order valence-electron chi connectivity index (χ2n) is 10.6. The number of rotatable bonds is 19. The van der Waals surface area contributed by atoms with Gasteiger partial charge in [0.15, 0.2) is 0 Å². The SMILES string of the molecule is CCCC(CCC)NC(=O)CCSSc1ccccn1.CCCC(N)CCC.O=C(CSSc1ccccn1)ON1C(=O)CCC1=O. The van der Waals surface area contributed by atoms with E-state index in [1.807, 2.05) is 30.3 Å². The molecule has 3 heterocycles. The lowest BCUT2D eigenvalue weighted by Gasteiger charge is -2.17. The number of aromatic nitrogens is 2. The topological polar surface area (TPSA) is 145 Å². The summed E-state index contributed by atoms with van der Waals surface area (Å²) in [5.41, 5.74) is 5.69. The van der Waals surface area contributed by atoms with Gasteiger partial charge in [-0.25, -0.2) is 14.8 Å². The van der Waals surface area contributed by atoms with E-state index >= 15 is 0 Å². The molecule has 1 aliphatic rings. The van der Waals surface area contributed by atoms with Crippen LogP contribution in [0.5, 0.6) is 0 Å². The molecule has 0 atom stereocenters. The molecule has 14 heteroatoms. The Balaban J connectivity index is 0.000000384. The van der Waals surface area contributed by atoms with Crippen molar-refractivity contribution < 1.29 is 24.0 Å². The summed E-state index contributed by atoms with van der Waals surface area (Å²) in [6.45, 7) is 8.67. The van der Waals surface area contributed by atoms with Crippen molar-refractivity contribution in [3.63, 3.8) is 0 Å². The van der Waals surface area contributed by atoms with Gasteiger partial charge >= 0.3 is 5.97 Å². The fourth-order valence-electron chi connectivity index (χ4n) is 4.12. The number of nitrogens with zero attached hydrogens (tertiary/aromatic N) is 3. The van der Waals surface area contributed by atoms with Crippen LogP contribution in [0.3, 0.4) is 0 Å². The summed E-state index contributed by atoms with van der Waals surface area (Å²) in [4.78, 5) is 58.8. The molecule has 3 rings (SSSR count). The number of pyridine rings is 2. The summed E-state index contributed by atoms with van der Waals surface area (Å²) in [6, 6.07) is 12.1. The van der Waals surface area contributed by atoms with E-state index in [0.717, 1.165) is 41.5 Å².